The van der Waals surface area contributed by atoms with E-state index in [-0.39, 0.29) is 147 Å². The molecule has 79 heavy (non-hydrogen) atoms. The van der Waals surface area contributed by atoms with Crippen molar-refractivity contribution in [3.05, 3.63) is 81.4 Å². The fraction of sp³-hybridized carbons (Fsp3) is 0.522. The van der Waals surface area contributed by atoms with Crippen molar-refractivity contribution >= 4 is 29.4 Å². The lowest BCUT2D eigenvalue weighted by Crippen LogP contribution is -2.32. The number of hydrogen-bond acceptors (Lipinski definition) is 29. The van der Waals surface area contributed by atoms with Gasteiger partial charge < -0.3 is 162 Å². The monoisotopic (exact) mass is 1160 g/mol. The summed E-state index contributed by atoms with van der Waals surface area (Å²) in [5.41, 5.74) is 7.81. The van der Waals surface area contributed by atoms with Crippen LogP contribution in [0, 0.1) is 34.6 Å². The van der Waals surface area contributed by atoms with Gasteiger partial charge in [-0.2, -0.15) is 0 Å². The molecule has 52 N–H and O–H groups in total. The van der Waals surface area contributed by atoms with E-state index >= 15 is 0 Å². The first-order valence-electron chi connectivity index (χ1n) is 21.0. The van der Waals surface area contributed by atoms with Crippen LogP contribution in [0.15, 0.2) is 42.5 Å². The van der Waals surface area contributed by atoms with Gasteiger partial charge in [0.25, 0.3) is 5.91 Å². The molecule has 3 aromatic rings. The van der Waals surface area contributed by atoms with E-state index < -0.39 is 17.8 Å². The average molecular weight is 1160 g/mol. The molecule has 3 rings (SSSR count). The number of carboxylic acid groups (broad SMARTS) is 2. The minimum Gasteiger partial charge on any atom is -0.483 e. The Kier molecular flexibility index (Phi) is 87.2. The highest BCUT2D eigenvalue weighted by molar-refractivity contribution is 5.98. The zero-order chi connectivity index (χ0) is 45.8. The Bertz CT molecular complexity index is 1880. The van der Waals surface area contributed by atoms with E-state index in [4.69, 9.17) is 52.8 Å². The molecule has 0 atom stereocenters. The van der Waals surface area contributed by atoms with E-state index in [1.807, 2.05) is 13.0 Å². The van der Waals surface area contributed by atoms with Crippen LogP contribution in [0.5, 0.6) is 5.75 Å². The summed E-state index contributed by atoms with van der Waals surface area (Å²) < 4.78 is 49.6. The van der Waals surface area contributed by atoms with Crippen LogP contribution in [0.1, 0.15) is 55.0 Å². The van der Waals surface area contributed by atoms with Crippen LogP contribution in [0.25, 0.3) is 11.1 Å². The third-order valence-corrected chi connectivity index (χ3v) is 9.18. The van der Waals surface area contributed by atoms with Crippen molar-refractivity contribution in [1.82, 2.24) is 104 Å². The summed E-state index contributed by atoms with van der Waals surface area (Å²) in [5, 5.41) is 23.6. The quantitative estimate of drug-likeness (QED) is 0.0257. The molecule has 33 heteroatoms. The first-order chi connectivity index (χ1) is 30.3. The van der Waals surface area contributed by atoms with Crippen molar-refractivity contribution in [1.29, 1.82) is 0 Å². The lowest BCUT2D eigenvalue weighted by atomic mass is 9.90. The molecule has 0 aliphatic carbocycles. The molecular formula is C46H112N18O15. The van der Waals surface area contributed by atoms with Gasteiger partial charge >= 0.3 is 11.9 Å². The summed E-state index contributed by atoms with van der Waals surface area (Å²) in [4.78, 5) is 46.9. The van der Waals surface area contributed by atoms with E-state index in [1.54, 1.807) is 0 Å². The Hall–Kier alpha value is -5.62. The number of ether oxygens (including phenoxy) is 9. The van der Waals surface area contributed by atoms with Crippen molar-refractivity contribution in [2.75, 3.05) is 124 Å². The summed E-state index contributed by atoms with van der Waals surface area (Å²) in [5.74, 6) is -2.57. The number of benzene rings is 3. The molecule has 0 fully saturated rings. The molecule has 33 nitrogen and oxygen atoms in total. The number of amides is 2. The zero-order valence-corrected chi connectivity index (χ0v) is 48.5. The Morgan fingerprint density at radius 2 is 0.734 bits per heavy atom. The number of aryl methyl sites for hydroxylation is 5. The highest BCUT2D eigenvalue weighted by Gasteiger charge is 2.15. The van der Waals surface area contributed by atoms with Crippen LogP contribution in [0.4, 0.5) is 5.69 Å². The summed E-state index contributed by atoms with van der Waals surface area (Å²) >= 11 is 0. The van der Waals surface area contributed by atoms with Crippen LogP contribution in [0.3, 0.4) is 0 Å². The molecule has 3 aromatic carbocycles. The van der Waals surface area contributed by atoms with E-state index in [0.29, 0.717) is 105 Å². The van der Waals surface area contributed by atoms with Crippen molar-refractivity contribution in [2.24, 2.45) is 0 Å². The molecule has 0 heterocycles. The Morgan fingerprint density at radius 1 is 0.392 bits per heavy atom. The summed E-state index contributed by atoms with van der Waals surface area (Å²) in [7, 11) is 0. The first-order valence-corrected chi connectivity index (χ1v) is 21.0. The fourth-order valence-corrected chi connectivity index (χ4v) is 6.25. The van der Waals surface area contributed by atoms with Crippen LogP contribution in [-0.2, 0) is 47.5 Å². The third-order valence-electron chi connectivity index (χ3n) is 9.18. The van der Waals surface area contributed by atoms with Crippen LogP contribution in [-0.4, -0.2) is 153 Å². The van der Waals surface area contributed by atoms with Gasteiger partial charge in [0.15, 0.2) is 6.61 Å². The van der Waals surface area contributed by atoms with Crippen molar-refractivity contribution in [3.8, 4) is 16.9 Å². The first kappa shape index (κ1) is 109. The van der Waals surface area contributed by atoms with Crippen LogP contribution >= 0.6 is 0 Å². The summed E-state index contributed by atoms with van der Waals surface area (Å²) in [6.45, 7) is 16.8. The molecule has 0 aliphatic heterocycles. The van der Waals surface area contributed by atoms with Gasteiger partial charge in [0, 0.05) is 12.2 Å². The molecule has 0 saturated heterocycles. The number of nitrogens with one attached hydrogen (secondary N) is 2. The van der Waals surface area contributed by atoms with Gasteiger partial charge in [0.05, 0.1) is 123 Å². The van der Waals surface area contributed by atoms with Gasteiger partial charge in [-0.05, 0) is 98.3 Å². The predicted octanol–water partition coefficient (Wildman–Crippen LogP) is 7.54. The van der Waals surface area contributed by atoms with Gasteiger partial charge in [-0.25, -0.2) is 9.59 Å². The lowest BCUT2D eigenvalue weighted by Gasteiger charge is -2.17. The minimum atomic E-state index is -1.30. The van der Waals surface area contributed by atoms with Gasteiger partial charge in [0.2, 0.25) is 5.91 Å². The SMILES string of the molecule is Cc1cc(C)c(-c2cc(C)c(OCC(=O)NCCOCCOCCOCCOCCOCCOCCOCCOCCC(=O)Nc3cc(C(=O)O)cc(C(=O)O)c3)cc2C)c(C)c1.N.N.N.N.N.N.N.N.N.N.N.N.N.N.N.N. The summed E-state index contributed by atoms with van der Waals surface area (Å²) in [6.07, 6.45) is -0.00762. The Balaban J connectivity index is -0.000000220. The molecule has 0 unspecified atom stereocenters. The Morgan fingerprint density at radius 3 is 1.09 bits per heavy atom. The van der Waals surface area contributed by atoms with Gasteiger partial charge in [-0.3, -0.25) is 9.59 Å². The number of carbonyl (C=O) groups excluding carboxylic acids is 2. The maximum Gasteiger partial charge on any atom is 0.335 e. The highest BCUT2D eigenvalue weighted by atomic mass is 16.6. The molecule has 0 radical (unpaired) electrons. The average Bonchev–Trinajstić information content (AvgIpc) is 3.23. The maximum absolute atomic E-state index is 12.3. The number of aromatic carboxylic acids is 2. The van der Waals surface area contributed by atoms with Crippen LogP contribution in [0.2, 0.25) is 0 Å². The fourth-order valence-electron chi connectivity index (χ4n) is 6.25. The topological polar surface area (TPSA) is 776 Å². The summed E-state index contributed by atoms with van der Waals surface area (Å²) in [6, 6.07) is 11.9. The molecule has 0 spiro atoms. The highest BCUT2D eigenvalue weighted by Crippen LogP contribution is 2.34. The van der Waals surface area contributed by atoms with Crippen molar-refractivity contribution in [3.63, 3.8) is 0 Å². The molecule has 0 saturated carbocycles. The Labute approximate surface area is 467 Å². The maximum atomic E-state index is 12.3. The molecule has 2 amide bonds. The number of hydrogen-bond donors (Lipinski definition) is 20. The van der Waals surface area contributed by atoms with Crippen molar-refractivity contribution < 1.29 is 72.0 Å². The number of carboxylic acids is 2. The number of carbonyl (C=O) groups is 4. The lowest BCUT2D eigenvalue weighted by molar-refractivity contribution is -0.123. The molecular weight excluding hydrogens is 1040 g/mol. The molecule has 0 aromatic heterocycles. The second-order valence-electron chi connectivity index (χ2n) is 14.5. The largest absolute Gasteiger partial charge is 0.483 e. The molecule has 0 aliphatic rings. The normalized spacial score (nSPS) is 8.87. The van der Waals surface area contributed by atoms with E-state index in [1.165, 1.54) is 39.9 Å². The van der Waals surface area contributed by atoms with Gasteiger partial charge in [-0.15, -0.1) is 0 Å². The van der Waals surface area contributed by atoms with E-state index in [2.05, 4.69) is 56.5 Å². The van der Waals surface area contributed by atoms with Gasteiger partial charge in [0.1, 0.15) is 5.75 Å². The molecule has 476 valence electrons. The molecule has 0 bridgehead atoms. The number of rotatable bonds is 34. The standard InChI is InChI=1S/C46H64N2O15.16H3N/c1-32-24-35(4)44(36(5)25-32)40-26-34(3)41(27-33(40)2)63-31-43(50)47-7-9-56-11-13-58-15-17-60-19-21-62-23-22-61-20-18-59-16-14-57-12-10-55-8-6-42(49)48-39-29-37(45(51)52)28-38(30-39)46(53)54;;;;;;;;;;;;;;;;/h24-30H,6-23,31H2,1-5H3,(H,47,50)(H,48,49)(H,51,52)(H,53,54);16*1H3. The van der Waals surface area contributed by atoms with E-state index in [0.717, 1.165) is 17.2 Å². The smallest absolute Gasteiger partial charge is 0.335 e. The number of anilines is 1. The second-order valence-corrected chi connectivity index (χ2v) is 14.5. The second kappa shape index (κ2) is 63.2. The van der Waals surface area contributed by atoms with Crippen molar-refractivity contribution in [2.45, 2.75) is 41.0 Å². The van der Waals surface area contributed by atoms with E-state index in [9.17, 15) is 19.2 Å². The minimum absolute atomic E-state index is 0. The zero-order valence-electron chi connectivity index (χ0n) is 48.5. The van der Waals surface area contributed by atoms with Crippen LogP contribution < -0.4 is 114 Å². The predicted molar refractivity (Wildman–Crippen MR) is 315 cm³/mol. The third kappa shape index (κ3) is 44.9. The van der Waals surface area contributed by atoms with Gasteiger partial charge in [-0.1, -0.05) is 17.7 Å².